The van der Waals surface area contributed by atoms with Crippen molar-refractivity contribution in [3.05, 3.63) is 83.9 Å². The minimum atomic E-state index is -3.52. The summed E-state index contributed by atoms with van der Waals surface area (Å²) in [5.41, 5.74) is 3.95. The van der Waals surface area contributed by atoms with E-state index in [0.29, 0.717) is 44.3 Å². The van der Waals surface area contributed by atoms with Gasteiger partial charge in [-0.05, 0) is 47.2 Å². The summed E-state index contributed by atoms with van der Waals surface area (Å²) in [6.07, 6.45) is 3.81. The molecule has 0 unspecified atom stereocenters. The molecule has 0 radical (unpaired) electrons. The Labute approximate surface area is 260 Å². The fourth-order valence-corrected chi connectivity index (χ4v) is 6.86. The highest BCUT2D eigenvalue weighted by molar-refractivity contribution is 7.88. The maximum absolute atomic E-state index is 14.5. The van der Waals surface area contributed by atoms with E-state index in [2.05, 4.69) is 28.2 Å². The van der Waals surface area contributed by atoms with E-state index in [4.69, 9.17) is 14.2 Å². The van der Waals surface area contributed by atoms with Crippen molar-refractivity contribution in [1.82, 2.24) is 14.9 Å². The van der Waals surface area contributed by atoms with Crippen LogP contribution in [-0.2, 0) is 26.1 Å². The smallest absolute Gasteiger partial charge is 0.228 e. The molecule has 1 aliphatic heterocycles. The van der Waals surface area contributed by atoms with E-state index in [1.165, 1.54) is 6.26 Å². The van der Waals surface area contributed by atoms with Crippen molar-refractivity contribution in [3.8, 4) is 22.6 Å². The second-order valence-corrected chi connectivity index (χ2v) is 13.5. The summed E-state index contributed by atoms with van der Waals surface area (Å²) in [5.74, 6) is 0.546. The standard InChI is InChI=1S/C34H43N3O6S/c1-41-15-8-16-43-30-18-24(17-29(20-30)42-2)23-37(28-13-14-28)34(38)31-21-35-22-32(36-44(3,39)40)33(31)27-12-7-11-26(19-27)25-9-5-4-6-10-25/h4-7,9-12,17-20,28,31-33,35-36H,8,13-16,21-23H2,1-3H3/t31-,32+,33+/m0/s1. The topological polar surface area (TPSA) is 106 Å². The lowest BCUT2D eigenvalue weighted by atomic mass is 9.77. The molecule has 10 heteroatoms. The zero-order valence-corrected chi connectivity index (χ0v) is 26.5. The van der Waals surface area contributed by atoms with Crippen LogP contribution in [0.3, 0.4) is 0 Å². The lowest BCUT2D eigenvalue weighted by Gasteiger charge is -2.40. The van der Waals surface area contributed by atoms with Gasteiger partial charge in [-0.2, -0.15) is 0 Å². The fraction of sp³-hybridized carbons (Fsp3) is 0.441. The Morgan fingerprint density at radius 1 is 0.932 bits per heavy atom. The van der Waals surface area contributed by atoms with E-state index < -0.39 is 22.0 Å². The summed E-state index contributed by atoms with van der Waals surface area (Å²) in [4.78, 5) is 16.5. The highest BCUT2D eigenvalue weighted by atomic mass is 32.2. The summed E-state index contributed by atoms with van der Waals surface area (Å²) in [7, 11) is -0.238. The number of rotatable bonds is 14. The lowest BCUT2D eigenvalue weighted by Crippen LogP contribution is -2.57. The van der Waals surface area contributed by atoms with Crippen molar-refractivity contribution in [3.63, 3.8) is 0 Å². The number of hydrogen-bond acceptors (Lipinski definition) is 7. The minimum Gasteiger partial charge on any atom is -0.497 e. The van der Waals surface area contributed by atoms with E-state index >= 15 is 0 Å². The average Bonchev–Trinajstić information content (AvgIpc) is 3.87. The average molecular weight is 622 g/mol. The molecule has 3 aromatic carbocycles. The largest absolute Gasteiger partial charge is 0.497 e. The van der Waals surface area contributed by atoms with E-state index in [1.54, 1.807) is 14.2 Å². The van der Waals surface area contributed by atoms with Crippen LogP contribution in [-0.4, -0.2) is 78.1 Å². The Hall–Kier alpha value is -3.44. The number of hydrogen-bond donors (Lipinski definition) is 2. The second kappa shape index (κ2) is 14.6. The predicted molar refractivity (Wildman–Crippen MR) is 171 cm³/mol. The van der Waals surface area contributed by atoms with Crippen LogP contribution in [0.25, 0.3) is 11.1 Å². The zero-order chi connectivity index (χ0) is 31.1. The first-order chi connectivity index (χ1) is 21.3. The Morgan fingerprint density at radius 2 is 1.68 bits per heavy atom. The fourth-order valence-electron chi connectivity index (χ4n) is 6.08. The third kappa shape index (κ3) is 8.38. The van der Waals surface area contributed by atoms with Crippen molar-refractivity contribution >= 4 is 15.9 Å². The van der Waals surface area contributed by atoms with Gasteiger partial charge in [-0.25, -0.2) is 13.1 Å². The first kappa shape index (κ1) is 32.0. The molecular formula is C34H43N3O6S. The van der Waals surface area contributed by atoms with Gasteiger partial charge < -0.3 is 24.4 Å². The van der Waals surface area contributed by atoms with Crippen molar-refractivity contribution in [2.24, 2.45) is 5.92 Å². The Bertz CT molecular complexity index is 1510. The monoisotopic (exact) mass is 621 g/mol. The molecule has 1 amide bonds. The molecule has 44 heavy (non-hydrogen) atoms. The number of amides is 1. The van der Waals surface area contributed by atoms with Crippen LogP contribution in [0.15, 0.2) is 72.8 Å². The molecule has 0 aromatic heterocycles. The molecule has 5 rings (SSSR count). The van der Waals surface area contributed by atoms with Crippen LogP contribution in [0, 0.1) is 5.92 Å². The Balaban J connectivity index is 1.45. The summed E-state index contributed by atoms with van der Waals surface area (Å²) < 4.78 is 44.4. The molecule has 9 nitrogen and oxygen atoms in total. The van der Waals surface area contributed by atoms with Crippen molar-refractivity contribution in [2.75, 3.05) is 46.8 Å². The molecular weight excluding hydrogens is 578 g/mol. The van der Waals surface area contributed by atoms with Gasteiger partial charge >= 0.3 is 0 Å². The first-order valence-corrected chi connectivity index (χ1v) is 17.1. The third-order valence-electron chi connectivity index (χ3n) is 8.22. The normalized spacial score (nSPS) is 20.2. The number of sulfonamides is 1. The van der Waals surface area contributed by atoms with Gasteiger partial charge in [-0.15, -0.1) is 0 Å². The molecule has 3 aromatic rings. The number of carbonyl (C=O) groups is 1. The third-order valence-corrected chi connectivity index (χ3v) is 8.95. The number of ether oxygens (including phenoxy) is 3. The number of nitrogens with zero attached hydrogens (tertiary/aromatic N) is 1. The molecule has 1 saturated heterocycles. The van der Waals surface area contributed by atoms with Gasteiger partial charge in [0.2, 0.25) is 15.9 Å². The SMILES string of the molecule is COCCCOc1cc(CN(C(=O)[C@H]2CNC[C@@H](NS(C)(=O)=O)[C@@H]2c2cccc(-c3ccccc3)c2)C2CC2)cc(OC)c1. The van der Waals surface area contributed by atoms with Crippen LogP contribution in [0.5, 0.6) is 11.5 Å². The number of methoxy groups -OCH3 is 2. The van der Waals surface area contributed by atoms with E-state index in [9.17, 15) is 13.2 Å². The van der Waals surface area contributed by atoms with Gasteiger partial charge in [-0.1, -0.05) is 54.6 Å². The molecule has 2 fully saturated rings. The number of piperidine rings is 1. The molecule has 1 heterocycles. The van der Waals surface area contributed by atoms with Gasteiger partial charge in [0.25, 0.3) is 0 Å². The first-order valence-electron chi connectivity index (χ1n) is 15.2. The van der Waals surface area contributed by atoms with Crippen LogP contribution >= 0.6 is 0 Å². The molecule has 1 aliphatic carbocycles. The van der Waals surface area contributed by atoms with Gasteiger partial charge in [0, 0.05) is 63.8 Å². The van der Waals surface area contributed by atoms with Crippen LogP contribution < -0.4 is 19.5 Å². The van der Waals surface area contributed by atoms with Crippen molar-refractivity contribution in [1.29, 1.82) is 0 Å². The quantitative estimate of drug-likeness (QED) is 0.260. The number of benzene rings is 3. The highest BCUT2D eigenvalue weighted by Gasteiger charge is 2.44. The molecule has 3 atom stereocenters. The van der Waals surface area contributed by atoms with E-state index in [0.717, 1.165) is 41.5 Å². The predicted octanol–water partition coefficient (Wildman–Crippen LogP) is 4.19. The van der Waals surface area contributed by atoms with Crippen molar-refractivity contribution < 1.29 is 27.4 Å². The van der Waals surface area contributed by atoms with Gasteiger partial charge in [-0.3, -0.25) is 4.79 Å². The summed E-state index contributed by atoms with van der Waals surface area (Å²) >= 11 is 0. The zero-order valence-electron chi connectivity index (χ0n) is 25.7. The Morgan fingerprint density at radius 3 is 2.39 bits per heavy atom. The van der Waals surface area contributed by atoms with Crippen LogP contribution in [0.1, 0.15) is 36.3 Å². The second-order valence-electron chi connectivity index (χ2n) is 11.7. The lowest BCUT2D eigenvalue weighted by molar-refractivity contribution is -0.138. The summed E-state index contributed by atoms with van der Waals surface area (Å²) in [6.45, 7) is 2.42. The van der Waals surface area contributed by atoms with E-state index in [1.807, 2.05) is 59.5 Å². The van der Waals surface area contributed by atoms with Crippen molar-refractivity contribution in [2.45, 2.75) is 43.8 Å². The number of nitrogens with one attached hydrogen (secondary N) is 2. The Kier molecular flexibility index (Phi) is 10.6. The molecule has 0 bridgehead atoms. The summed E-state index contributed by atoms with van der Waals surface area (Å²) in [5, 5.41) is 3.35. The van der Waals surface area contributed by atoms with Crippen LogP contribution in [0.2, 0.25) is 0 Å². The molecule has 2 aliphatic rings. The van der Waals surface area contributed by atoms with Crippen LogP contribution in [0.4, 0.5) is 0 Å². The van der Waals surface area contributed by atoms with Gasteiger partial charge in [0.15, 0.2) is 0 Å². The van der Waals surface area contributed by atoms with Gasteiger partial charge in [0.05, 0.1) is 25.9 Å². The molecule has 1 saturated carbocycles. The maximum Gasteiger partial charge on any atom is 0.228 e. The molecule has 0 spiro atoms. The summed E-state index contributed by atoms with van der Waals surface area (Å²) in [6, 6.07) is 23.6. The minimum absolute atomic E-state index is 0.0144. The maximum atomic E-state index is 14.5. The molecule has 2 N–H and O–H groups in total. The van der Waals surface area contributed by atoms with Gasteiger partial charge in [0.1, 0.15) is 11.5 Å². The molecule has 236 valence electrons. The number of carbonyl (C=O) groups excluding carboxylic acids is 1. The van der Waals surface area contributed by atoms with E-state index in [-0.39, 0.29) is 17.9 Å². The highest BCUT2D eigenvalue weighted by Crippen LogP contribution is 2.38.